The Morgan fingerprint density at radius 1 is 1.44 bits per heavy atom. The van der Waals surface area contributed by atoms with E-state index in [0.717, 1.165) is 12.1 Å². The van der Waals surface area contributed by atoms with Crippen LogP contribution in [0.15, 0.2) is 12.7 Å². The molecule has 0 spiro atoms. The lowest BCUT2D eigenvalue weighted by Gasteiger charge is -2.39. The van der Waals surface area contributed by atoms with E-state index in [9.17, 15) is 14.7 Å². The Morgan fingerprint density at radius 3 is 2.44 bits per heavy atom. The van der Waals surface area contributed by atoms with E-state index in [4.69, 9.17) is 4.74 Å². The lowest BCUT2D eigenvalue weighted by Crippen LogP contribution is -2.58. The van der Waals surface area contributed by atoms with Crippen LogP contribution in [0.25, 0.3) is 0 Å². The highest BCUT2D eigenvalue weighted by molar-refractivity contribution is 6.77. The molecule has 1 fully saturated rings. The second-order valence-corrected chi connectivity index (χ2v) is 10.9. The fraction of sp³-hybridized carbons (Fsp3) is 0.667. The van der Waals surface area contributed by atoms with E-state index < -0.39 is 25.7 Å². The summed E-state index contributed by atoms with van der Waals surface area (Å²) in [5.41, 5.74) is -1.15. The van der Waals surface area contributed by atoms with Crippen molar-refractivity contribution in [2.45, 2.75) is 43.6 Å². The van der Waals surface area contributed by atoms with E-state index in [0.29, 0.717) is 12.8 Å². The SMILES string of the molecule is C=CCOC(=O)NC1(C(=O)O)CC[Si](C)(C)CC1. The van der Waals surface area contributed by atoms with Crippen LogP contribution in [0.1, 0.15) is 12.8 Å². The number of alkyl carbamates (subject to hydrolysis) is 1. The van der Waals surface area contributed by atoms with Crippen molar-refractivity contribution in [2.24, 2.45) is 0 Å². The van der Waals surface area contributed by atoms with Crippen molar-refractivity contribution in [3.8, 4) is 0 Å². The highest BCUT2D eigenvalue weighted by Crippen LogP contribution is 2.35. The molecule has 0 bridgehead atoms. The van der Waals surface area contributed by atoms with Crippen molar-refractivity contribution in [2.75, 3.05) is 6.61 Å². The van der Waals surface area contributed by atoms with Gasteiger partial charge in [-0.1, -0.05) is 37.8 Å². The molecule has 6 heteroatoms. The predicted molar refractivity (Wildman–Crippen MR) is 71.4 cm³/mol. The number of hydrogen-bond donors (Lipinski definition) is 2. The van der Waals surface area contributed by atoms with Crippen molar-refractivity contribution in [1.29, 1.82) is 0 Å². The minimum atomic E-state index is -1.27. The van der Waals surface area contributed by atoms with Crippen LogP contribution in [0.2, 0.25) is 25.2 Å². The number of hydrogen-bond acceptors (Lipinski definition) is 3. The Kier molecular flexibility index (Phi) is 4.56. The van der Waals surface area contributed by atoms with Gasteiger partial charge in [0.15, 0.2) is 0 Å². The first-order valence-electron chi connectivity index (χ1n) is 6.11. The zero-order valence-electron chi connectivity index (χ0n) is 11.0. The van der Waals surface area contributed by atoms with E-state index in [1.807, 2.05) is 0 Å². The number of nitrogens with one attached hydrogen (secondary N) is 1. The Hall–Kier alpha value is -1.30. The molecule has 2 N–H and O–H groups in total. The molecule has 1 aliphatic rings. The molecule has 1 heterocycles. The van der Waals surface area contributed by atoms with Gasteiger partial charge in [0.2, 0.25) is 0 Å². The molecule has 1 amide bonds. The molecule has 0 aromatic rings. The van der Waals surface area contributed by atoms with Crippen molar-refractivity contribution >= 4 is 20.1 Å². The molecule has 0 aromatic heterocycles. The van der Waals surface area contributed by atoms with Gasteiger partial charge in [-0.2, -0.15) is 0 Å². The summed E-state index contributed by atoms with van der Waals surface area (Å²) >= 11 is 0. The highest BCUT2D eigenvalue weighted by Gasteiger charge is 2.46. The molecule has 0 radical (unpaired) electrons. The Balaban J connectivity index is 2.68. The second kappa shape index (κ2) is 5.56. The molecule has 1 saturated heterocycles. The summed E-state index contributed by atoms with van der Waals surface area (Å²) in [5.74, 6) is -0.970. The van der Waals surface area contributed by atoms with E-state index in [1.165, 1.54) is 6.08 Å². The monoisotopic (exact) mass is 271 g/mol. The summed E-state index contributed by atoms with van der Waals surface area (Å²) in [5, 5.41) is 11.9. The van der Waals surface area contributed by atoms with Gasteiger partial charge in [-0.15, -0.1) is 0 Å². The molecule has 1 aliphatic heterocycles. The average Bonchev–Trinajstić information content (AvgIpc) is 2.29. The molecule has 0 aliphatic carbocycles. The van der Waals surface area contributed by atoms with Crippen LogP contribution < -0.4 is 5.32 Å². The van der Waals surface area contributed by atoms with Gasteiger partial charge >= 0.3 is 12.1 Å². The first-order chi connectivity index (χ1) is 8.31. The molecule has 0 unspecified atom stereocenters. The van der Waals surface area contributed by atoms with Gasteiger partial charge in [0.1, 0.15) is 12.1 Å². The summed E-state index contributed by atoms with van der Waals surface area (Å²) in [6.45, 7) is 8.01. The Labute approximate surface area is 108 Å². The van der Waals surface area contributed by atoms with Gasteiger partial charge in [0, 0.05) is 8.07 Å². The van der Waals surface area contributed by atoms with Crippen LogP contribution in [-0.4, -0.2) is 37.4 Å². The van der Waals surface area contributed by atoms with Crippen molar-refractivity contribution in [3.05, 3.63) is 12.7 Å². The molecule has 0 atom stereocenters. The van der Waals surface area contributed by atoms with Crippen molar-refractivity contribution < 1.29 is 19.4 Å². The van der Waals surface area contributed by atoms with E-state index in [2.05, 4.69) is 25.0 Å². The largest absolute Gasteiger partial charge is 0.480 e. The first-order valence-corrected chi connectivity index (χ1v) is 9.52. The Morgan fingerprint density at radius 2 is 2.00 bits per heavy atom. The summed E-state index contributed by atoms with van der Waals surface area (Å²) in [4.78, 5) is 22.9. The minimum Gasteiger partial charge on any atom is -0.480 e. The summed E-state index contributed by atoms with van der Waals surface area (Å²) in [6, 6.07) is 1.81. The molecular formula is C12H21NO4Si. The third-order valence-corrected chi connectivity index (χ3v) is 6.75. The van der Waals surface area contributed by atoms with Gasteiger partial charge in [-0.05, 0) is 12.8 Å². The van der Waals surface area contributed by atoms with Gasteiger partial charge in [-0.3, -0.25) is 0 Å². The minimum absolute atomic E-state index is 0.0851. The average molecular weight is 271 g/mol. The fourth-order valence-electron chi connectivity index (χ4n) is 2.11. The quantitative estimate of drug-likeness (QED) is 0.607. The summed E-state index contributed by atoms with van der Waals surface area (Å²) < 4.78 is 4.80. The zero-order chi connectivity index (χ0) is 13.8. The van der Waals surface area contributed by atoms with E-state index in [-0.39, 0.29) is 6.61 Å². The third kappa shape index (κ3) is 3.59. The van der Waals surface area contributed by atoms with Crippen LogP contribution in [0.4, 0.5) is 4.79 Å². The molecule has 5 nitrogen and oxygen atoms in total. The Bertz CT molecular complexity index is 344. The lowest BCUT2D eigenvalue weighted by atomic mass is 9.92. The van der Waals surface area contributed by atoms with Crippen molar-refractivity contribution in [3.63, 3.8) is 0 Å². The zero-order valence-corrected chi connectivity index (χ0v) is 12.0. The van der Waals surface area contributed by atoms with Crippen molar-refractivity contribution in [1.82, 2.24) is 5.32 Å². The number of aliphatic carboxylic acids is 1. The maximum absolute atomic E-state index is 11.5. The normalized spacial score (nSPS) is 20.8. The number of rotatable bonds is 4. The second-order valence-electron chi connectivity index (χ2n) is 5.56. The lowest BCUT2D eigenvalue weighted by molar-refractivity contribution is -0.145. The maximum Gasteiger partial charge on any atom is 0.408 e. The van der Waals surface area contributed by atoms with Crippen LogP contribution in [0, 0.1) is 0 Å². The summed E-state index contributed by atoms with van der Waals surface area (Å²) in [7, 11) is -1.27. The first kappa shape index (κ1) is 14.8. The number of amides is 1. The maximum atomic E-state index is 11.5. The third-order valence-electron chi connectivity index (χ3n) is 3.54. The fourth-order valence-corrected chi connectivity index (χ4v) is 4.57. The molecular weight excluding hydrogens is 250 g/mol. The van der Waals surface area contributed by atoms with Crippen LogP contribution in [-0.2, 0) is 9.53 Å². The number of carbonyl (C=O) groups excluding carboxylic acids is 1. The topological polar surface area (TPSA) is 75.6 Å². The standard InChI is InChI=1S/C12H21NO4Si/c1-4-7-17-11(16)13-12(10(14)15)5-8-18(2,3)9-6-12/h4H,1,5-9H2,2-3H3,(H,13,16)(H,14,15). The molecule has 18 heavy (non-hydrogen) atoms. The molecule has 1 rings (SSSR count). The van der Waals surface area contributed by atoms with Gasteiger partial charge in [0.25, 0.3) is 0 Å². The number of carboxylic acids is 1. The molecule has 0 saturated carbocycles. The van der Waals surface area contributed by atoms with E-state index >= 15 is 0 Å². The van der Waals surface area contributed by atoms with Gasteiger partial charge in [0.05, 0.1) is 0 Å². The van der Waals surface area contributed by atoms with Gasteiger partial charge in [-0.25, -0.2) is 9.59 Å². The number of ether oxygens (including phenoxy) is 1. The summed E-state index contributed by atoms with van der Waals surface area (Å²) in [6.07, 6.45) is 1.75. The van der Waals surface area contributed by atoms with Crippen LogP contribution >= 0.6 is 0 Å². The van der Waals surface area contributed by atoms with Crippen LogP contribution in [0.5, 0.6) is 0 Å². The molecule has 102 valence electrons. The molecule has 0 aromatic carbocycles. The van der Waals surface area contributed by atoms with Crippen LogP contribution in [0.3, 0.4) is 0 Å². The number of carboxylic acid groups (broad SMARTS) is 1. The number of carbonyl (C=O) groups is 2. The van der Waals surface area contributed by atoms with Gasteiger partial charge < -0.3 is 15.2 Å². The highest BCUT2D eigenvalue weighted by atomic mass is 28.3. The predicted octanol–water partition coefficient (Wildman–Crippen LogP) is 2.22. The smallest absolute Gasteiger partial charge is 0.408 e. The van der Waals surface area contributed by atoms with E-state index in [1.54, 1.807) is 0 Å².